The van der Waals surface area contributed by atoms with Crippen LogP contribution in [0.25, 0.3) is 6.08 Å². The Balaban J connectivity index is 1.70. The number of pyridine rings is 1. The van der Waals surface area contributed by atoms with Gasteiger partial charge in [0, 0.05) is 18.3 Å². The Morgan fingerprint density at radius 2 is 2.31 bits per heavy atom. The third-order valence-corrected chi connectivity index (χ3v) is 3.63. The van der Waals surface area contributed by atoms with Gasteiger partial charge in [0.1, 0.15) is 5.75 Å². The summed E-state index contributed by atoms with van der Waals surface area (Å²) in [7, 11) is 0. The molecule has 2 fully saturated rings. The molecule has 3 rings (SSSR count). The van der Waals surface area contributed by atoms with Crippen molar-refractivity contribution < 1.29 is 5.11 Å². The summed E-state index contributed by atoms with van der Waals surface area (Å²) in [4.78, 5) is 3.96. The monoisotopic (exact) mass is 216 g/mol. The van der Waals surface area contributed by atoms with Gasteiger partial charge in [-0.25, -0.2) is 0 Å². The van der Waals surface area contributed by atoms with E-state index in [2.05, 4.69) is 22.5 Å². The summed E-state index contributed by atoms with van der Waals surface area (Å²) in [6.07, 6.45) is 11.5. The van der Waals surface area contributed by atoms with E-state index in [1.54, 1.807) is 12.3 Å². The molecule has 0 aliphatic carbocycles. The first-order valence-corrected chi connectivity index (χ1v) is 5.89. The summed E-state index contributed by atoms with van der Waals surface area (Å²) in [5.41, 5.74) is 0.975. The van der Waals surface area contributed by atoms with Gasteiger partial charge in [-0.05, 0) is 36.8 Å². The normalized spacial score (nSPS) is 32.6. The quantitative estimate of drug-likeness (QED) is 0.794. The number of aromatic nitrogens is 1. The minimum absolute atomic E-state index is 0.230. The van der Waals surface area contributed by atoms with Crippen molar-refractivity contribution in [3.05, 3.63) is 30.1 Å². The van der Waals surface area contributed by atoms with Crippen LogP contribution >= 0.6 is 0 Å². The van der Waals surface area contributed by atoms with Gasteiger partial charge in [0.05, 0.1) is 6.20 Å². The second kappa shape index (κ2) is 3.91. The average molecular weight is 216 g/mol. The highest BCUT2D eigenvalue weighted by atomic mass is 16.3. The molecule has 2 N–H and O–H groups in total. The zero-order chi connectivity index (χ0) is 11.0. The minimum atomic E-state index is 0.230. The van der Waals surface area contributed by atoms with Crippen molar-refractivity contribution in [3.8, 4) is 5.75 Å². The summed E-state index contributed by atoms with van der Waals surface area (Å²) >= 11 is 0. The van der Waals surface area contributed by atoms with E-state index in [0.717, 1.165) is 11.6 Å². The Hall–Kier alpha value is -1.35. The summed E-state index contributed by atoms with van der Waals surface area (Å²) < 4.78 is 0. The lowest BCUT2D eigenvalue weighted by Gasteiger charge is -2.15. The van der Waals surface area contributed by atoms with Gasteiger partial charge in [0.2, 0.25) is 0 Å². The summed E-state index contributed by atoms with van der Waals surface area (Å²) in [5, 5.41) is 12.9. The van der Waals surface area contributed by atoms with Gasteiger partial charge < -0.3 is 10.4 Å². The average Bonchev–Trinajstić information content (AvgIpc) is 2.88. The molecule has 84 valence electrons. The van der Waals surface area contributed by atoms with Crippen LogP contribution in [0, 0.1) is 5.92 Å². The highest BCUT2D eigenvalue weighted by Crippen LogP contribution is 2.34. The zero-order valence-corrected chi connectivity index (χ0v) is 9.13. The zero-order valence-electron chi connectivity index (χ0n) is 9.13. The number of nitrogens with zero attached hydrogens (tertiary/aromatic N) is 1. The van der Waals surface area contributed by atoms with Crippen molar-refractivity contribution in [2.45, 2.75) is 31.3 Å². The summed E-state index contributed by atoms with van der Waals surface area (Å²) in [6.45, 7) is 0. The Kier molecular flexibility index (Phi) is 2.40. The second-order valence-corrected chi connectivity index (χ2v) is 4.78. The minimum Gasteiger partial charge on any atom is -0.506 e. The topological polar surface area (TPSA) is 45.2 Å². The van der Waals surface area contributed by atoms with Crippen molar-refractivity contribution >= 4 is 6.08 Å². The Morgan fingerprint density at radius 3 is 3.00 bits per heavy atom. The Bertz CT molecular complexity index is 416. The molecule has 0 aromatic carbocycles. The molecule has 3 nitrogen and oxygen atoms in total. The highest BCUT2D eigenvalue weighted by molar-refractivity contribution is 5.50. The number of hydrogen-bond donors (Lipinski definition) is 2. The molecule has 3 heterocycles. The molecule has 2 saturated heterocycles. The van der Waals surface area contributed by atoms with E-state index in [0.29, 0.717) is 12.0 Å². The lowest BCUT2D eigenvalue weighted by molar-refractivity contribution is 0.472. The molecule has 3 atom stereocenters. The molecule has 0 saturated carbocycles. The fraction of sp³-hybridized carbons (Fsp3) is 0.462. The van der Waals surface area contributed by atoms with Crippen molar-refractivity contribution in [3.63, 3.8) is 0 Å². The Labute approximate surface area is 95.2 Å². The molecule has 3 heteroatoms. The Morgan fingerprint density at radius 1 is 1.38 bits per heavy atom. The third kappa shape index (κ3) is 1.83. The van der Waals surface area contributed by atoms with Crippen LogP contribution in [0.15, 0.2) is 24.5 Å². The molecule has 2 bridgehead atoms. The van der Waals surface area contributed by atoms with Gasteiger partial charge in [0.25, 0.3) is 0 Å². The first-order valence-electron chi connectivity index (χ1n) is 5.89. The van der Waals surface area contributed by atoms with E-state index in [-0.39, 0.29) is 5.75 Å². The van der Waals surface area contributed by atoms with E-state index in [9.17, 15) is 5.11 Å². The molecule has 1 aromatic heterocycles. The van der Waals surface area contributed by atoms with Crippen LogP contribution in [0.5, 0.6) is 5.75 Å². The van der Waals surface area contributed by atoms with Crippen LogP contribution in [0.1, 0.15) is 24.8 Å². The number of hydrogen-bond acceptors (Lipinski definition) is 3. The van der Waals surface area contributed by atoms with Gasteiger partial charge in [-0.3, -0.25) is 4.98 Å². The standard InChI is InChI=1S/C13H16N2O/c16-12-5-9(7-14-8-12)1-2-10-6-11-3-4-13(10)15-11/h1-2,5,7-8,10-11,13,15-16H,3-4,6H2/b2-1+. The maximum Gasteiger partial charge on any atom is 0.134 e. The van der Waals surface area contributed by atoms with Gasteiger partial charge in [-0.2, -0.15) is 0 Å². The maximum absolute atomic E-state index is 9.30. The fourth-order valence-corrected chi connectivity index (χ4v) is 2.85. The van der Waals surface area contributed by atoms with Crippen LogP contribution < -0.4 is 5.32 Å². The van der Waals surface area contributed by atoms with Crippen molar-refractivity contribution in [2.75, 3.05) is 0 Å². The van der Waals surface area contributed by atoms with E-state index in [1.165, 1.54) is 25.5 Å². The third-order valence-electron chi connectivity index (χ3n) is 3.63. The summed E-state index contributed by atoms with van der Waals surface area (Å²) in [5.74, 6) is 0.884. The highest BCUT2D eigenvalue weighted by Gasteiger charge is 2.37. The molecule has 16 heavy (non-hydrogen) atoms. The SMILES string of the molecule is Oc1cncc(/C=C/C2CC3CCC2N3)c1. The van der Waals surface area contributed by atoms with E-state index in [4.69, 9.17) is 0 Å². The maximum atomic E-state index is 9.30. The molecule has 0 amide bonds. The molecular weight excluding hydrogens is 200 g/mol. The number of rotatable bonds is 2. The fourth-order valence-electron chi connectivity index (χ4n) is 2.85. The van der Waals surface area contributed by atoms with Crippen molar-refractivity contribution in [2.24, 2.45) is 5.92 Å². The van der Waals surface area contributed by atoms with Crippen LogP contribution in [-0.2, 0) is 0 Å². The number of nitrogens with one attached hydrogen (secondary N) is 1. The first-order chi connectivity index (χ1) is 7.81. The van der Waals surface area contributed by atoms with Gasteiger partial charge >= 0.3 is 0 Å². The van der Waals surface area contributed by atoms with E-state index < -0.39 is 0 Å². The first kappa shape index (κ1) is 9.85. The van der Waals surface area contributed by atoms with Gasteiger partial charge in [0.15, 0.2) is 0 Å². The molecule has 1 aromatic rings. The van der Waals surface area contributed by atoms with Crippen LogP contribution in [0.3, 0.4) is 0 Å². The largest absolute Gasteiger partial charge is 0.506 e. The molecule has 3 unspecified atom stereocenters. The van der Waals surface area contributed by atoms with Crippen molar-refractivity contribution in [1.29, 1.82) is 0 Å². The molecular formula is C13H16N2O. The van der Waals surface area contributed by atoms with Gasteiger partial charge in [-0.15, -0.1) is 0 Å². The van der Waals surface area contributed by atoms with E-state index >= 15 is 0 Å². The molecule has 0 spiro atoms. The lowest BCUT2D eigenvalue weighted by atomic mass is 9.89. The summed E-state index contributed by atoms with van der Waals surface area (Å²) in [6, 6.07) is 3.15. The van der Waals surface area contributed by atoms with E-state index in [1.807, 2.05) is 0 Å². The van der Waals surface area contributed by atoms with Crippen LogP contribution in [0.2, 0.25) is 0 Å². The molecule has 2 aliphatic heterocycles. The number of aromatic hydroxyl groups is 1. The van der Waals surface area contributed by atoms with Crippen molar-refractivity contribution in [1.82, 2.24) is 10.3 Å². The predicted molar refractivity (Wildman–Crippen MR) is 63.0 cm³/mol. The van der Waals surface area contributed by atoms with Gasteiger partial charge in [-0.1, -0.05) is 12.2 Å². The number of fused-ring (bicyclic) bond motifs is 2. The second-order valence-electron chi connectivity index (χ2n) is 4.78. The van der Waals surface area contributed by atoms with Crippen LogP contribution in [-0.4, -0.2) is 22.2 Å². The lowest BCUT2D eigenvalue weighted by Crippen LogP contribution is -2.21. The van der Waals surface area contributed by atoms with Crippen LogP contribution in [0.4, 0.5) is 0 Å². The molecule has 0 radical (unpaired) electrons. The smallest absolute Gasteiger partial charge is 0.134 e. The predicted octanol–water partition coefficient (Wildman–Crippen LogP) is 1.94. The molecule has 2 aliphatic rings.